The molecular formula is C15H22N2O. The molecule has 3 heteroatoms. The second-order valence-corrected chi connectivity index (χ2v) is 5.15. The summed E-state index contributed by atoms with van der Waals surface area (Å²) < 4.78 is 0. The summed E-state index contributed by atoms with van der Waals surface area (Å²) in [5.74, 6) is 0.129. The van der Waals surface area contributed by atoms with Crippen LogP contribution in [0.25, 0.3) is 0 Å². The van der Waals surface area contributed by atoms with Gasteiger partial charge in [-0.1, -0.05) is 30.3 Å². The topological polar surface area (TPSA) is 41.1 Å². The van der Waals surface area contributed by atoms with Crippen molar-refractivity contribution in [1.82, 2.24) is 10.6 Å². The fourth-order valence-electron chi connectivity index (χ4n) is 1.90. The van der Waals surface area contributed by atoms with Crippen molar-refractivity contribution in [3.63, 3.8) is 0 Å². The van der Waals surface area contributed by atoms with E-state index in [9.17, 15) is 4.79 Å². The maximum absolute atomic E-state index is 11.5. The lowest BCUT2D eigenvalue weighted by Crippen LogP contribution is -2.39. The van der Waals surface area contributed by atoms with E-state index in [2.05, 4.69) is 41.8 Å². The van der Waals surface area contributed by atoms with Gasteiger partial charge in [0.1, 0.15) is 0 Å². The lowest BCUT2D eigenvalue weighted by Gasteiger charge is -2.13. The molecule has 1 aromatic carbocycles. The van der Waals surface area contributed by atoms with Gasteiger partial charge in [-0.3, -0.25) is 4.79 Å². The van der Waals surface area contributed by atoms with Crippen molar-refractivity contribution in [1.29, 1.82) is 0 Å². The molecule has 0 bridgehead atoms. The van der Waals surface area contributed by atoms with Crippen LogP contribution >= 0.6 is 0 Å². The lowest BCUT2D eigenvalue weighted by molar-refractivity contribution is -0.120. The summed E-state index contributed by atoms with van der Waals surface area (Å²) in [6.07, 6.45) is 4.41. The highest BCUT2D eigenvalue weighted by Gasteiger charge is 2.22. The highest BCUT2D eigenvalue weighted by atomic mass is 16.2. The zero-order valence-electron chi connectivity index (χ0n) is 11.0. The summed E-state index contributed by atoms with van der Waals surface area (Å²) in [6.45, 7) is 2.57. The molecule has 0 heterocycles. The lowest BCUT2D eigenvalue weighted by atomic mass is 10.1. The molecule has 2 rings (SSSR count). The highest BCUT2D eigenvalue weighted by Crippen LogP contribution is 2.18. The molecule has 1 unspecified atom stereocenters. The van der Waals surface area contributed by atoms with Gasteiger partial charge in [0.2, 0.25) is 5.91 Å². The Morgan fingerprint density at radius 1 is 1.33 bits per heavy atom. The van der Waals surface area contributed by atoms with Crippen LogP contribution in [-0.4, -0.2) is 24.5 Å². The van der Waals surface area contributed by atoms with Crippen LogP contribution in [0.4, 0.5) is 0 Å². The number of rotatable bonds is 7. The zero-order valence-corrected chi connectivity index (χ0v) is 11.0. The van der Waals surface area contributed by atoms with E-state index in [1.165, 1.54) is 5.56 Å². The van der Waals surface area contributed by atoms with E-state index in [-0.39, 0.29) is 5.91 Å². The Hall–Kier alpha value is -1.35. The molecule has 1 amide bonds. The maximum atomic E-state index is 11.5. The molecule has 0 aliphatic heterocycles. The molecule has 3 nitrogen and oxygen atoms in total. The van der Waals surface area contributed by atoms with Gasteiger partial charge in [0.05, 0.1) is 6.54 Å². The first kappa shape index (κ1) is 13.1. The van der Waals surface area contributed by atoms with Crippen molar-refractivity contribution < 1.29 is 4.79 Å². The molecular weight excluding hydrogens is 224 g/mol. The van der Waals surface area contributed by atoms with Crippen LogP contribution in [0.15, 0.2) is 30.3 Å². The Morgan fingerprint density at radius 3 is 2.72 bits per heavy atom. The normalized spacial score (nSPS) is 16.3. The highest BCUT2D eigenvalue weighted by molar-refractivity contribution is 5.78. The summed E-state index contributed by atoms with van der Waals surface area (Å²) >= 11 is 0. The Morgan fingerprint density at radius 2 is 2.06 bits per heavy atom. The fraction of sp³-hybridized carbons (Fsp3) is 0.533. The SMILES string of the molecule is CC(CCc1ccccc1)NCC(=O)NC1CC1. The Kier molecular flexibility index (Phi) is 4.76. The Labute approximate surface area is 109 Å². The molecule has 0 radical (unpaired) electrons. The van der Waals surface area contributed by atoms with Gasteiger partial charge in [-0.05, 0) is 38.2 Å². The van der Waals surface area contributed by atoms with Crippen LogP contribution < -0.4 is 10.6 Å². The second kappa shape index (κ2) is 6.55. The van der Waals surface area contributed by atoms with Gasteiger partial charge >= 0.3 is 0 Å². The van der Waals surface area contributed by atoms with Gasteiger partial charge < -0.3 is 10.6 Å². The summed E-state index contributed by atoms with van der Waals surface area (Å²) in [5, 5.41) is 6.26. The number of benzene rings is 1. The van der Waals surface area contributed by atoms with Gasteiger partial charge in [-0.15, -0.1) is 0 Å². The number of hydrogen-bond acceptors (Lipinski definition) is 2. The number of amides is 1. The van der Waals surface area contributed by atoms with Crippen molar-refractivity contribution >= 4 is 5.91 Å². The summed E-state index contributed by atoms with van der Waals surface area (Å²) in [7, 11) is 0. The minimum Gasteiger partial charge on any atom is -0.352 e. The van der Waals surface area contributed by atoms with E-state index in [1.54, 1.807) is 0 Å². The van der Waals surface area contributed by atoms with Crippen LogP contribution in [0.5, 0.6) is 0 Å². The second-order valence-electron chi connectivity index (χ2n) is 5.15. The third-order valence-corrected chi connectivity index (χ3v) is 3.26. The molecule has 0 aromatic heterocycles. The third-order valence-electron chi connectivity index (χ3n) is 3.26. The molecule has 1 saturated carbocycles. The molecule has 98 valence electrons. The first-order chi connectivity index (χ1) is 8.74. The minimum atomic E-state index is 0.129. The van der Waals surface area contributed by atoms with Crippen LogP contribution in [0.1, 0.15) is 31.7 Å². The number of aryl methyl sites for hydroxylation is 1. The van der Waals surface area contributed by atoms with Gasteiger partial charge in [-0.25, -0.2) is 0 Å². The summed E-state index contributed by atoms with van der Waals surface area (Å²) in [4.78, 5) is 11.5. The van der Waals surface area contributed by atoms with E-state index in [0.717, 1.165) is 25.7 Å². The zero-order chi connectivity index (χ0) is 12.8. The average Bonchev–Trinajstić information content (AvgIpc) is 3.19. The first-order valence-corrected chi connectivity index (χ1v) is 6.80. The monoisotopic (exact) mass is 246 g/mol. The fourth-order valence-corrected chi connectivity index (χ4v) is 1.90. The predicted octanol–water partition coefficient (Wildman–Crippen LogP) is 1.88. The minimum absolute atomic E-state index is 0.129. The average molecular weight is 246 g/mol. The van der Waals surface area contributed by atoms with Gasteiger partial charge in [0, 0.05) is 12.1 Å². The molecule has 0 spiro atoms. The first-order valence-electron chi connectivity index (χ1n) is 6.80. The summed E-state index contributed by atoms with van der Waals surface area (Å²) in [6, 6.07) is 11.3. The van der Waals surface area contributed by atoms with Crippen molar-refractivity contribution in [3.8, 4) is 0 Å². The van der Waals surface area contributed by atoms with Crippen molar-refractivity contribution in [2.24, 2.45) is 0 Å². The van der Waals surface area contributed by atoms with E-state index in [4.69, 9.17) is 0 Å². The number of carbonyl (C=O) groups is 1. The molecule has 1 atom stereocenters. The van der Waals surface area contributed by atoms with Crippen molar-refractivity contribution in [2.45, 2.75) is 44.7 Å². The predicted molar refractivity (Wildman–Crippen MR) is 73.4 cm³/mol. The molecule has 1 fully saturated rings. The molecule has 1 aliphatic carbocycles. The summed E-state index contributed by atoms with van der Waals surface area (Å²) in [5.41, 5.74) is 1.36. The van der Waals surface area contributed by atoms with E-state index < -0.39 is 0 Å². The Balaban J connectivity index is 1.59. The van der Waals surface area contributed by atoms with Gasteiger partial charge in [0.15, 0.2) is 0 Å². The van der Waals surface area contributed by atoms with Crippen LogP contribution in [0, 0.1) is 0 Å². The molecule has 0 saturated heterocycles. The maximum Gasteiger partial charge on any atom is 0.234 e. The van der Waals surface area contributed by atoms with Crippen molar-refractivity contribution in [2.75, 3.05) is 6.54 Å². The standard InChI is InChI=1S/C15H22N2O/c1-12(7-8-13-5-3-2-4-6-13)16-11-15(18)17-14-9-10-14/h2-6,12,14,16H,7-11H2,1H3,(H,17,18). The molecule has 2 N–H and O–H groups in total. The number of nitrogens with one attached hydrogen (secondary N) is 2. The number of hydrogen-bond donors (Lipinski definition) is 2. The van der Waals surface area contributed by atoms with E-state index in [0.29, 0.717) is 18.6 Å². The third kappa shape index (κ3) is 4.88. The molecule has 18 heavy (non-hydrogen) atoms. The largest absolute Gasteiger partial charge is 0.352 e. The molecule has 1 aliphatic rings. The van der Waals surface area contributed by atoms with Gasteiger partial charge in [-0.2, -0.15) is 0 Å². The van der Waals surface area contributed by atoms with Gasteiger partial charge in [0.25, 0.3) is 0 Å². The van der Waals surface area contributed by atoms with E-state index in [1.807, 2.05) is 6.07 Å². The quantitative estimate of drug-likeness (QED) is 0.771. The van der Waals surface area contributed by atoms with Crippen molar-refractivity contribution in [3.05, 3.63) is 35.9 Å². The van der Waals surface area contributed by atoms with Crippen LogP contribution in [-0.2, 0) is 11.2 Å². The van der Waals surface area contributed by atoms with E-state index >= 15 is 0 Å². The van der Waals surface area contributed by atoms with Crippen LogP contribution in [0.2, 0.25) is 0 Å². The smallest absolute Gasteiger partial charge is 0.234 e. The van der Waals surface area contributed by atoms with Crippen LogP contribution in [0.3, 0.4) is 0 Å². The Bertz CT molecular complexity index is 373. The number of carbonyl (C=O) groups excluding carboxylic acids is 1. The molecule has 1 aromatic rings.